The van der Waals surface area contributed by atoms with Crippen molar-refractivity contribution in [1.82, 2.24) is 14.7 Å². The first-order valence-electron chi connectivity index (χ1n) is 7.47. The normalized spacial score (nSPS) is 14.5. The van der Waals surface area contributed by atoms with Gasteiger partial charge in [-0.1, -0.05) is 6.92 Å². The molecule has 23 heavy (non-hydrogen) atoms. The molecule has 0 aromatic carbocycles. The quantitative estimate of drug-likeness (QED) is 0.879. The molecule has 3 rings (SSSR count). The molecule has 7 nitrogen and oxygen atoms in total. The number of fused-ring (bicyclic) bond motifs is 1. The van der Waals surface area contributed by atoms with Crippen molar-refractivity contribution < 1.29 is 9.59 Å². The summed E-state index contributed by atoms with van der Waals surface area (Å²) in [6.45, 7) is 4.76. The van der Waals surface area contributed by atoms with Gasteiger partial charge in [0.05, 0.1) is 5.56 Å². The highest BCUT2D eigenvalue weighted by molar-refractivity contribution is 7.17. The van der Waals surface area contributed by atoms with Gasteiger partial charge in [-0.05, 0) is 24.6 Å². The molecule has 0 saturated heterocycles. The second-order valence-corrected chi connectivity index (χ2v) is 6.59. The van der Waals surface area contributed by atoms with Gasteiger partial charge in [0.1, 0.15) is 10.7 Å². The molecular formula is C15H19N5O2S. The minimum atomic E-state index is -0.493. The molecule has 0 spiro atoms. The number of hydrogen-bond donors (Lipinski definition) is 2. The molecule has 2 aromatic rings. The van der Waals surface area contributed by atoms with Crippen LogP contribution in [0.1, 0.15) is 38.2 Å². The van der Waals surface area contributed by atoms with Gasteiger partial charge in [0.25, 0.3) is 11.8 Å². The van der Waals surface area contributed by atoms with Gasteiger partial charge in [-0.3, -0.25) is 19.2 Å². The van der Waals surface area contributed by atoms with Crippen LogP contribution in [0.5, 0.6) is 0 Å². The van der Waals surface area contributed by atoms with Gasteiger partial charge in [0, 0.05) is 31.2 Å². The van der Waals surface area contributed by atoms with E-state index in [9.17, 15) is 9.59 Å². The number of hydrogen-bond acceptors (Lipinski definition) is 5. The second kappa shape index (κ2) is 6.13. The zero-order valence-corrected chi connectivity index (χ0v) is 13.9. The predicted octanol–water partition coefficient (Wildman–Crippen LogP) is 1.21. The smallest absolute Gasteiger partial charge is 0.274 e. The van der Waals surface area contributed by atoms with Gasteiger partial charge in [-0.25, -0.2) is 0 Å². The van der Waals surface area contributed by atoms with Gasteiger partial charge >= 0.3 is 0 Å². The van der Waals surface area contributed by atoms with E-state index < -0.39 is 5.91 Å². The number of rotatable bonds is 4. The van der Waals surface area contributed by atoms with E-state index in [0.717, 1.165) is 36.5 Å². The first-order chi connectivity index (χ1) is 11.0. The van der Waals surface area contributed by atoms with E-state index in [2.05, 4.69) is 22.2 Å². The van der Waals surface area contributed by atoms with Crippen molar-refractivity contribution in [3.63, 3.8) is 0 Å². The number of aromatic nitrogens is 2. The van der Waals surface area contributed by atoms with E-state index in [1.165, 1.54) is 16.0 Å². The summed E-state index contributed by atoms with van der Waals surface area (Å²) in [4.78, 5) is 27.7. The molecule has 0 unspecified atom stereocenters. The van der Waals surface area contributed by atoms with Gasteiger partial charge in [0.2, 0.25) is 0 Å². The summed E-state index contributed by atoms with van der Waals surface area (Å²) in [5.74, 6) is -0.786. The Kier molecular flexibility index (Phi) is 4.18. The Morgan fingerprint density at radius 3 is 2.87 bits per heavy atom. The van der Waals surface area contributed by atoms with Crippen molar-refractivity contribution in [3.8, 4) is 0 Å². The van der Waals surface area contributed by atoms with E-state index in [0.29, 0.717) is 16.3 Å². The molecule has 2 amide bonds. The summed E-state index contributed by atoms with van der Waals surface area (Å²) in [7, 11) is 1.70. The lowest BCUT2D eigenvalue weighted by Crippen LogP contribution is -2.30. The maximum atomic E-state index is 12.4. The molecule has 2 aromatic heterocycles. The Morgan fingerprint density at radius 1 is 1.48 bits per heavy atom. The number of carbonyl (C=O) groups excluding carboxylic acids is 2. The minimum absolute atomic E-state index is 0.293. The Morgan fingerprint density at radius 2 is 2.26 bits per heavy atom. The first-order valence-corrected chi connectivity index (χ1v) is 8.29. The number of anilines is 1. The van der Waals surface area contributed by atoms with E-state index in [1.807, 2.05) is 0 Å². The van der Waals surface area contributed by atoms with Crippen molar-refractivity contribution in [3.05, 3.63) is 34.0 Å². The molecule has 0 bridgehead atoms. The molecule has 0 radical (unpaired) electrons. The summed E-state index contributed by atoms with van der Waals surface area (Å²) in [5.41, 5.74) is 7.43. The van der Waals surface area contributed by atoms with Crippen LogP contribution in [0.4, 0.5) is 5.00 Å². The van der Waals surface area contributed by atoms with E-state index >= 15 is 0 Å². The molecule has 0 aliphatic carbocycles. The fourth-order valence-electron chi connectivity index (χ4n) is 2.84. The molecule has 122 valence electrons. The van der Waals surface area contributed by atoms with Crippen molar-refractivity contribution >= 4 is 28.2 Å². The molecule has 3 N–H and O–H groups in total. The highest BCUT2D eigenvalue weighted by atomic mass is 32.1. The predicted molar refractivity (Wildman–Crippen MR) is 88.7 cm³/mol. The standard InChI is InChI=1S/C15H19N5O2S/c1-3-20-7-5-9-11(8-20)23-15(12(9)13(16)21)18-14(22)10-4-6-17-19(10)2/h4,6H,3,5,7-8H2,1-2H3,(H2,16,21)(H,18,22). The largest absolute Gasteiger partial charge is 0.365 e. The van der Waals surface area contributed by atoms with Crippen molar-refractivity contribution in [1.29, 1.82) is 0 Å². The third kappa shape index (κ3) is 2.87. The van der Waals surface area contributed by atoms with Crippen molar-refractivity contribution in [2.24, 2.45) is 12.8 Å². The summed E-state index contributed by atoms with van der Waals surface area (Å²) >= 11 is 1.44. The van der Waals surface area contributed by atoms with Crippen LogP contribution >= 0.6 is 11.3 Å². The molecule has 0 saturated carbocycles. The monoisotopic (exact) mass is 333 g/mol. The molecule has 1 aliphatic heterocycles. The maximum Gasteiger partial charge on any atom is 0.274 e. The second-order valence-electron chi connectivity index (χ2n) is 5.49. The number of amides is 2. The van der Waals surface area contributed by atoms with Crippen LogP contribution in [0, 0.1) is 0 Å². The number of carbonyl (C=O) groups is 2. The molecule has 3 heterocycles. The molecular weight excluding hydrogens is 314 g/mol. The van der Waals surface area contributed by atoms with Crippen LogP contribution < -0.4 is 11.1 Å². The zero-order valence-electron chi connectivity index (χ0n) is 13.1. The van der Waals surface area contributed by atoms with Gasteiger partial charge in [-0.15, -0.1) is 11.3 Å². The number of primary amides is 1. The van der Waals surface area contributed by atoms with Crippen LogP contribution in [0.25, 0.3) is 0 Å². The fourth-order valence-corrected chi connectivity index (χ4v) is 4.13. The highest BCUT2D eigenvalue weighted by Gasteiger charge is 2.27. The Balaban J connectivity index is 1.93. The third-order valence-electron chi connectivity index (χ3n) is 4.11. The number of nitrogens with zero attached hydrogens (tertiary/aromatic N) is 3. The first kappa shape index (κ1) is 15.7. The number of nitrogens with one attached hydrogen (secondary N) is 1. The minimum Gasteiger partial charge on any atom is -0.365 e. The summed E-state index contributed by atoms with van der Waals surface area (Å²) in [6.07, 6.45) is 2.34. The SMILES string of the molecule is CCN1CCc2c(sc(NC(=O)c3ccnn3C)c2C(N)=O)C1. The molecule has 1 aliphatic rings. The number of likely N-dealkylation sites (N-methyl/N-ethyl adjacent to an activating group) is 1. The highest BCUT2D eigenvalue weighted by Crippen LogP contribution is 2.37. The Hall–Kier alpha value is -2.19. The lowest BCUT2D eigenvalue weighted by molar-refractivity contribution is 0.1000. The van der Waals surface area contributed by atoms with Crippen LogP contribution in [0.3, 0.4) is 0 Å². The van der Waals surface area contributed by atoms with Gasteiger partial charge in [0.15, 0.2) is 0 Å². The lowest BCUT2D eigenvalue weighted by Gasteiger charge is -2.25. The van der Waals surface area contributed by atoms with Gasteiger partial charge < -0.3 is 11.1 Å². The van der Waals surface area contributed by atoms with Crippen molar-refractivity contribution in [2.75, 3.05) is 18.4 Å². The number of aryl methyl sites for hydroxylation is 1. The molecule has 0 atom stereocenters. The lowest BCUT2D eigenvalue weighted by atomic mass is 10.0. The van der Waals surface area contributed by atoms with Crippen molar-refractivity contribution in [2.45, 2.75) is 19.9 Å². The summed E-state index contributed by atoms with van der Waals surface area (Å²) < 4.78 is 1.49. The average molecular weight is 333 g/mol. The zero-order chi connectivity index (χ0) is 16.6. The fraction of sp³-hybridized carbons (Fsp3) is 0.400. The van der Waals surface area contributed by atoms with Crippen LogP contribution in [-0.4, -0.2) is 39.6 Å². The molecule has 0 fully saturated rings. The summed E-state index contributed by atoms with van der Waals surface area (Å²) in [6, 6.07) is 1.63. The average Bonchev–Trinajstić information content (AvgIpc) is 3.09. The maximum absolute atomic E-state index is 12.4. The number of nitrogens with two attached hydrogens (primary N) is 1. The van der Waals surface area contributed by atoms with Crippen LogP contribution in [0.2, 0.25) is 0 Å². The number of thiophene rings is 1. The topological polar surface area (TPSA) is 93.2 Å². The van der Waals surface area contributed by atoms with Gasteiger partial charge in [-0.2, -0.15) is 5.10 Å². The van der Waals surface area contributed by atoms with E-state index in [4.69, 9.17) is 5.73 Å². The Labute approximate surface area is 138 Å². The van der Waals surface area contributed by atoms with E-state index in [-0.39, 0.29) is 5.91 Å². The third-order valence-corrected chi connectivity index (χ3v) is 5.24. The van der Waals surface area contributed by atoms with Crippen LogP contribution in [-0.2, 0) is 20.0 Å². The Bertz CT molecular complexity index is 764. The summed E-state index contributed by atoms with van der Waals surface area (Å²) in [5, 5.41) is 7.34. The van der Waals surface area contributed by atoms with E-state index in [1.54, 1.807) is 19.3 Å². The van der Waals surface area contributed by atoms with Crippen LogP contribution in [0.15, 0.2) is 12.3 Å². The molecule has 8 heteroatoms.